The van der Waals surface area contributed by atoms with Gasteiger partial charge in [0.15, 0.2) is 0 Å². The maximum atomic E-state index is 12.1. The van der Waals surface area contributed by atoms with Gasteiger partial charge in [0.1, 0.15) is 11.0 Å². The number of carbonyl (C=O) groups excluding carboxylic acids is 2. The Kier molecular flexibility index (Phi) is 11.0. The molecule has 0 aliphatic carbocycles. The van der Waals surface area contributed by atoms with Crippen LogP contribution in [0.5, 0.6) is 0 Å². The molecule has 0 atom stereocenters. The zero-order chi connectivity index (χ0) is 25.1. The van der Waals surface area contributed by atoms with Crippen LogP contribution in [0.25, 0.3) is 10.9 Å². The van der Waals surface area contributed by atoms with Crippen molar-refractivity contribution in [3.05, 3.63) is 64.8 Å². The lowest BCUT2D eigenvalue weighted by Crippen LogP contribution is -2.46. The summed E-state index contributed by atoms with van der Waals surface area (Å²) in [4.78, 5) is 32.7. The number of pyridine rings is 1. The van der Waals surface area contributed by atoms with Gasteiger partial charge < -0.3 is 20.1 Å². The first kappa shape index (κ1) is 27.3. The van der Waals surface area contributed by atoms with Crippen molar-refractivity contribution in [3.63, 3.8) is 0 Å². The van der Waals surface area contributed by atoms with Gasteiger partial charge in [-0.15, -0.1) is 0 Å². The van der Waals surface area contributed by atoms with Crippen LogP contribution >= 0.6 is 11.6 Å². The van der Waals surface area contributed by atoms with Crippen LogP contribution in [0.1, 0.15) is 24.1 Å². The fourth-order valence-electron chi connectivity index (χ4n) is 3.56. The summed E-state index contributed by atoms with van der Waals surface area (Å²) in [5, 5.41) is 4.05. The maximum Gasteiger partial charge on any atom is 0.241 e. The molecular weight excluding hydrogens is 457 g/mol. The summed E-state index contributed by atoms with van der Waals surface area (Å²) < 4.78 is 12.1. The van der Waals surface area contributed by atoms with Gasteiger partial charge in [-0.05, 0) is 65.0 Å². The van der Waals surface area contributed by atoms with Gasteiger partial charge >= 0.3 is 0 Å². The molecule has 2 amide bonds. The molecule has 0 saturated carbocycles. The minimum Gasteiger partial charge on any atom is -0.357 e. The van der Waals surface area contributed by atoms with Crippen molar-refractivity contribution >= 4 is 34.8 Å². The summed E-state index contributed by atoms with van der Waals surface area (Å²) in [6.07, 6.45) is 4.33. The van der Waals surface area contributed by atoms with E-state index < -0.39 is 0 Å². The van der Waals surface area contributed by atoms with Crippen molar-refractivity contribution in [2.24, 2.45) is 0 Å². The quantitative estimate of drug-likeness (QED) is 0.429. The van der Waals surface area contributed by atoms with Crippen LogP contribution in [-0.4, -0.2) is 71.9 Å². The number of amides is 2. The number of aromatic nitrogens is 2. The maximum absolute atomic E-state index is 12.1. The number of nitrogens with one attached hydrogen (secondary N) is 2. The van der Waals surface area contributed by atoms with Gasteiger partial charge in [-0.2, -0.15) is 0 Å². The number of aryl methyl sites for hydroxylation is 2. The lowest BCUT2D eigenvalue weighted by atomic mass is 10.0. The summed E-state index contributed by atoms with van der Waals surface area (Å²) in [6, 6.07) is 10.9. The van der Waals surface area contributed by atoms with Gasteiger partial charge in [0, 0.05) is 30.2 Å². The van der Waals surface area contributed by atoms with E-state index in [-0.39, 0.29) is 18.3 Å². The molecular formula is C25H33ClFN5O2. The van der Waals surface area contributed by atoms with E-state index >= 15 is 0 Å². The number of halogens is 2. The Morgan fingerprint density at radius 2 is 1.88 bits per heavy atom. The molecule has 1 aromatic carbocycles. The highest BCUT2D eigenvalue weighted by Gasteiger charge is 2.23. The van der Waals surface area contributed by atoms with Gasteiger partial charge in [0.2, 0.25) is 12.3 Å². The van der Waals surface area contributed by atoms with Crippen molar-refractivity contribution in [2.75, 3.05) is 33.7 Å². The molecule has 2 aromatic heterocycles. The van der Waals surface area contributed by atoms with Gasteiger partial charge in [-0.3, -0.25) is 9.59 Å². The average Bonchev–Trinajstić information content (AvgIpc) is 3.19. The number of nitrogens with zero attached hydrogens (tertiary/aromatic N) is 3. The van der Waals surface area contributed by atoms with Gasteiger partial charge in [0.25, 0.3) is 0 Å². The minimum atomic E-state index is -0.171. The topological polar surface area (TPSA) is 81.3 Å². The number of H-pyrrole nitrogens is 1. The van der Waals surface area contributed by atoms with Crippen molar-refractivity contribution in [2.45, 2.75) is 32.7 Å². The van der Waals surface area contributed by atoms with Gasteiger partial charge in [0.05, 0.1) is 18.3 Å². The summed E-state index contributed by atoms with van der Waals surface area (Å²) in [6.45, 7) is 5.65. The Bertz CT molecular complexity index is 1030. The smallest absolute Gasteiger partial charge is 0.241 e. The van der Waals surface area contributed by atoms with Crippen LogP contribution in [0, 0.1) is 19.7 Å². The van der Waals surface area contributed by atoms with E-state index in [1.807, 2.05) is 30.9 Å². The standard InChI is InChI=1S/C10H19N3O2.C8H7ClN2.C7H7F/c1-12(2)9-3-5-13(6-4-9)10(15)7-11-8-14;1-5-2-6-3-8(9)10-4-7(6)11-5;1-6-2-4-7(8)5-3-6/h8-9H,3-7H2,1-2H3,(H,11,14);2-4,11H,1H3;2-5H,1H3. The second-order valence-corrected chi connectivity index (χ2v) is 8.80. The SMILES string of the molecule is CN(C)C1CCN(C(=O)CNC=O)CC1.Cc1cc2cc(Cl)ncc2[nH]1.Cc1ccc(F)cc1. The van der Waals surface area contributed by atoms with Gasteiger partial charge in [-0.1, -0.05) is 29.3 Å². The van der Waals surface area contributed by atoms with E-state index in [2.05, 4.69) is 34.3 Å². The summed E-state index contributed by atoms with van der Waals surface area (Å²) in [7, 11) is 4.13. The monoisotopic (exact) mass is 489 g/mol. The van der Waals surface area contributed by atoms with Gasteiger partial charge in [-0.25, -0.2) is 9.37 Å². The Hall–Kier alpha value is -2.97. The van der Waals surface area contributed by atoms with Crippen LogP contribution in [0.4, 0.5) is 4.39 Å². The fourth-order valence-corrected chi connectivity index (χ4v) is 3.72. The zero-order valence-corrected chi connectivity index (χ0v) is 20.9. The van der Waals surface area contributed by atoms with E-state index in [1.54, 1.807) is 18.3 Å². The number of hydrogen-bond donors (Lipinski definition) is 2. The van der Waals surface area contributed by atoms with Crippen LogP contribution in [0.3, 0.4) is 0 Å². The summed E-state index contributed by atoms with van der Waals surface area (Å²) in [5.74, 6) is -0.157. The predicted molar refractivity (Wildman–Crippen MR) is 134 cm³/mol. The lowest BCUT2D eigenvalue weighted by molar-refractivity contribution is -0.132. The molecule has 1 aliphatic rings. The largest absolute Gasteiger partial charge is 0.357 e. The third kappa shape index (κ3) is 9.11. The molecule has 9 heteroatoms. The molecule has 7 nitrogen and oxygen atoms in total. The second-order valence-electron chi connectivity index (χ2n) is 8.42. The molecule has 0 spiro atoms. The van der Waals surface area contributed by atoms with Crippen LogP contribution < -0.4 is 5.32 Å². The third-order valence-electron chi connectivity index (χ3n) is 5.50. The lowest BCUT2D eigenvalue weighted by Gasteiger charge is -2.35. The number of likely N-dealkylation sites (tertiary alicyclic amines) is 1. The summed E-state index contributed by atoms with van der Waals surface area (Å²) in [5.41, 5.74) is 3.25. The number of benzene rings is 1. The Morgan fingerprint density at radius 1 is 1.24 bits per heavy atom. The number of aromatic amines is 1. The normalized spacial score (nSPS) is 13.6. The molecule has 0 radical (unpaired) electrons. The molecule has 3 heterocycles. The van der Waals surface area contributed by atoms with E-state index in [1.165, 1.54) is 12.1 Å². The van der Waals surface area contributed by atoms with Crippen molar-refractivity contribution in [1.82, 2.24) is 25.1 Å². The Balaban J connectivity index is 0.000000189. The van der Waals surface area contributed by atoms with Crippen LogP contribution in [-0.2, 0) is 9.59 Å². The van der Waals surface area contributed by atoms with Crippen molar-refractivity contribution < 1.29 is 14.0 Å². The third-order valence-corrected chi connectivity index (χ3v) is 5.71. The first-order valence-electron chi connectivity index (χ1n) is 11.1. The van der Waals surface area contributed by atoms with Crippen LogP contribution in [0.2, 0.25) is 5.15 Å². The Labute approximate surface area is 205 Å². The number of rotatable bonds is 4. The molecule has 1 aliphatic heterocycles. The average molecular weight is 490 g/mol. The second kappa shape index (κ2) is 13.7. The molecule has 1 fully saturated rings. The molecule has 1 saturated heterocycles. The fraction of sp³-hybridized carbons (Fsp3) is 0.400. The molecule has 34 heavy (non-hydrogen) atoms. The molecule has 2 N–H and O–H groups in total. The van der Waals surface area contributed by atoms with Crippen LogP contribution in [0.15, 0.2) is 42.6 Å². The first-order valence-corrected chi connectivity index (χ1v) is 11.5. The highest BCUT2D eigenvalue weighted by Crippen LogP contribution is 2.17. The molecule has 4 rings (SSSR count). The molecule has 0 unspecified atom stereocenters. The number of fused-ring (bicyclic) bond motifs is 1. The first-order chi connectivity index (χ1) is 16.2. The number of hydrogen-bond acceptors (Lipinski definition) is 4. The molecule has 3 aromatic rings. The Morgan fingerprint density at radius 3 is 2.44 bits per heavy atom. The van der Waals surface area contributed by atoms with Crippen molar-refractivity contribution in [1.29, 1.82) is 0 Å². The molecule has 184 valence electrons. The highest BCUT2D eigenvalue weighted by molar-refractivity contribution is 6.30. The van der Waals surface area contributed by atoms with E-state index in [0.29, 0.717) is 17.6 Å². The zero-order valence-electron chi connectivity index (χ0n) is 20.1. The van der Waals surface area contributed by atoms with E-state index in [9.17, 15) is 14.0 Å². The summed E-state index contributed by atoms with van der Waals surface area (Å²) >= 11 is 5.70. The van der Waals surface area contributed by atoms with E-state index in [4.69, 9.17) is 11.6 Å². The minimum absolute atomic E-state index is 0.0132. The molecule has 0 bridgehead atoms. The number of piperidine rings is 1. The predicted octanol–water partition coefficient (Wildman–Crippen LogP) is 3.94. The van der Waals surface area contributed by atoms with E-state index in [0.717, 1.165) is 48.1 Å². The van der Waals surface area contributed by atoms with Crippen molar-refractivity contribution in [3.8, 4) is 0 Å². The highest BCUT2D eigenvalue weighted by atomic mass is 35.5. The number of carbonyl (C=O) groups is 2.